The standard InChI is InChI=1S/C20H20FN/c1-14-2-4-15(5-3-14)6-7-16-8-9-17-11-19(13-22)20(21)12-18(17)10-16/h2-5,11-12,16H,6-10H2,1H3. The summed E-state index contributed by atoms with van der Waals surface area (Å²) in [4.78, 5) is 0. The van der Waals surface area contributed by atoms with Crippen LogP contribution < -0.4 is 0 Å². The summed E-state index contributed by atoms with van der Waals surface area (Å²) in [6.45, 7) is 2.10. The Labute approximate surface area is 131 Å². The summed E-state index contributed by atoms with van der Waals surface area (Å²) in [6, 6.07) is 14.0. The van der Waals surface area contributed by atoms with Crippen LogP contribution in [0.5, 0.6) is 0 Å². The van der Waals surface area contributed by atoms with Gasteiger partial charge >= 0.3 is 0 Å². The van der Waals surface area contributed by atoms with Gasteiger partial charge in [0.25, 0.3) is 0 Å². The number of rotatable bonds is 3. The van der Waals surface area contributed by atoms with E-state index in [0.717, 1.165) is 43.2 Å². The van der Waals surface area contributed by atoms with Gasteiger partial charge in [0.05, 0.1) is 5.56 Å². The first-order valence-electron chi connectivity index (χ1n) is 7.92. The van der Waals surface area contributed by atoms with Crippen LogP contribution in [0.25, 0.3) is 0 Å². The van der Waals surface area contributed by atoms with Crippen molar-refractivity contribution in [2.45, 2.75) is 39.0 Å². The quantitative estimate of drug-likeness (QED) is 0.801. The van der Waals surface area contributed by atoms with Gasteiger partial charge in [0.2, 0.25) is 0 Å². The van der Waals surface area contributed by atoms with Crippen molar-refractivity contribution >= 4 is 0 Å². The predicted octanol–water partition coefficient (Wildman–Crippen LogP) is 4.74. The fourth-order valence-electron chi connectivity index (χ4n) is 3.31. The van der Waals surface area contributed by atoms with Gasteiger partial charge in [-0.3, -0.25) is 0 Å². The van der Waals surface area contributed by atoms with Crippen LogP contribution in [0, 0.1) is 30.0 Å². The first-order valence-corrected chi connectivity index (χ1v) is 7.92. The average molecular weight is 293 g/mol. The second-order valence-corrected chi connectivity index (χ2v) is 6.35. The molecule has 0 radical (unpaired) electrons. The van der Waals surface area contributed by atoms with E-state index in [1.807, 2.05) is 6.07 Å². The van der Waals surface area contributed by atoms with Gasteiger partial charge in [-0.05, 0) is 73.8 Å². The molecule has 0 fully saturated rings. The molecule has 0 saturated heterocycles. The summed E-state index contributed by atoms with van der Waals surface area (Å²) >= 11 is 0. The van der Waals surface area contributed by atoms with E-state index in [9.17, 15) is 4.39 Å². The zero-order valence-corrected chi connectivity index (χ0v) is 12.9. The van der Waals surface area contributed by atoms with E-state index in [0.29, 0.717) is 5.92 Å². The Bertz CT molecular complexity index is 710. The van der Waals surface area contributed by atoms with E-state index in [1.165, 1.54) is 11.1 Å². The van der Waals surface area contributed by atoms with Gasteiger partial charge in [-0.25, -0.2) is 4.39 Å². The van der Waals surface area contributed by atoms with E-state index in [4.69, 9.17) is 5.26 Å². The second-order valence-electron chi connectivity index (χ2n) is 6.35. The number of aryl methyl sites for hydroxylation is 3. The summed E-state index contributed by atoms with van der Waals surface area (Å²) in [6.07, 6.45) is 5.26. The molecule has 1 atom stereocenters. The normalized spacial score (nSPS) is 16.9. The highest BCUT2D eigenvalue weighted by molar-refractivity contribution is 5.40. The zero-order valence-electron chi connectivity index (χ0n) is 12.9. The Balaban J connectivity index is 1.65. The lowest BCUT2D eigenvalue weighted by molar-refractivity contribution is 0.425. The number of halogens is 1. The molecule has 112 valence electrons. The van der Waals surface area contributed by atoms with Crippen molar-refractivity contribution in [3.63, 3.8) is 0 Å². The molecule has 0 aromatic heterocycles. The van der Waals surface area contributed by atoms with Crippen LogP contribution in [0.1, 0.15) is 40.7 Å². The van der Waals surface area contributed by atoms with E-state index >= 15 is 0 Å². The average Bonchev–Trinajstić information content (AvgIpc) is 2.53. The van der Waals surface area contributed by atoms with Crippen molar-refractivity contribution in [3.8, 4) is 6.07 Å². The van der Waals surface area contributed by atoms with E-state index in [1.54, 1.807) is 12.1 Å². The number of hydrogen-bond donors (Lipinski definition) is 0. The molecular weight excluding hydrogens is 273 g/mol. The molecule has 0 saturated carbocycles. The van der Waals surface area contributed by atoms with Gasteiger partial charge in [0.15, 0.2) is 0 Å². The number of hydrogen-bond acceptors (Lipinski definition) is 1. The Morgan fingerprint density at radius 2 is 1.95 bits per heavy atom. The molecule has 1 aliphatic carbocycles. The first kappa shape index (κ1) is 14.8. The Kier molecular flexibility index (Phi) is 4.24. The summed E-state index contributed by atoms with van der Waals surface area (Å²) < 4.78 is 13.8. The van der Waals surface area contributed by atoms with Gasteiger partial charge in [-0.1, -0.05) is 29.8 Å². The van der Waals surface area contributed by atoms with Crippen molar-refractivity contribution in [2.24, 2.45) is 5.92 Å². The minimum Gasteiger partial charge on any atom is -0.206 e. The number of fused-ring (bicyclic) bond motifs is 1. The third-order valence-corrected chi connectivity index (χ3v) is 4.70. The Morgan fingerprint density at radius 1 is 1.18 bits per heavy atom. The molecule has 2 heteroatoms. The highest BCUT2D eigenvalue weighted by Crippen LogP contribution is 2.30. The fourth-order valence-corrected chi connectivity index (χ4v) is 3.31. The largest absolute Gasteiger partial charge is 0.206 e. The number of benzene rings is 2. The van der Waals surface area contributed by atoms with Crippen molar-refractivity contribution in [1.29, 1.82) is 5.26 Å². The van der Waals surface area contributed by atoms with Gasteiger partial charge < -0.3 is 0 Å². The lowest BCUT2D eigenvalue weighted by Crippen LogP contribution is -2.15. The molecule has 0 bridgehead atoms. The SMILES string of the molecule is Cc1ccc(CCC2CCc3cc(C#N)c(F)cc3C2)cc1. The van der Waals surface area contributed by atoms with Crippen molar-refractivity contribution in [1.82, 2.24) is 0 Å². The number of nitrogens with zero attached hydrogens (tertiary/aromatic N) is 1. The van der Waals surface area contributed by atoms with Crippen LogP contribution in [0.15, 0.2) is 36.4 Å². The maximum Gasteiger partial charge on any atom is 0.141 e. The highest BCUT2D eigenvalue weighted by Gasteiger charge is 2.20. The van der Waals surface area contributed by atoms with Crippen LogP contribution in [-0.2, 0) is 19.3 Å². The molecule has 3 rings (SSSR count). The maximum absolute atomic E-state index is 13.8. The van der Waals surface area contributed by atoms with Crippen LogP contribution in [0.2, 0.25) is 0 Å². The lowest BCUT2D eigenvalue weighted by atomic mass is 9.80. The van der Waals surface area contributed by atoms with Crippen LogP contribution in [0.4, 0.5) is 4.39 Å². The molecule has 0 N–H and O–H groups in total. The van der Waals surface area contributed by atoms with Crippen molar-refractivity contribution < 1.29 is 4.39 Å². The maximum atomic E-state index is 13.8. The molecule has 0 amide bonds. The third kappa shape index (κ3) is 3.20. The van der Waals surface area contributed by atoms with Crippen LogP contribution >= 0.6 is 0 Å². The summed E-state index contributed by atoms with van der Waals surface area (Å²) in [5, 5.41) is 8.91. The van der Waals surface area contributed by atoms with E-state index in [2.05, 4.69) is 31.2 Å². The minimum atomic E-state index is -0.375. The highest BCUT2D eigenvalue weighted by atomic mass is 19.1. The second kappa shape index (κ2) is 6.32. The lowest BCUT2D eigenvalue weighted by Gasteiger charge is -2.25. The summed E-state index contributed by atoms with van der Waals surface area (Å²) in [7, 11) is 0. The van der Waals surface area contributed by atoms with Gasteiger partial charge in [0.1, 0.15) is 11.9 Å². The van der Waals surface area contributed by atoms with E-state index in [-0.39, 0.29) is 11.4 Å². The van der Waals surface area contributed by atoms with Gasteiger partial charge in [-0.15, -0.1) is 0 Å². The summed E-state index contributed by atoms with van der Waals surface area (Å²) in [5.41, 5.74) is 5.10. The predicted molar refractivity (Wildman–Crippen MR) is 86.1 cm³/mol. The minimum absolute atomic E-state index is 0.178. The molecule has 22 heavy (non-hydrogen) atoms. The van der Waals surface area contributed by atoms with Crippen molar-refractivity contribution in [3.05, 3.63) is 70.0 Å². The van der Waals surface area contributed by atoms with Gasteiger partial charge in [0, 0.05) is 0 Å². The smallest absolute Gasteiger partial charge is 0.141 e. The van der Waals surface area contributed by atoms with Crippen molar-refractivity contribution in [2.75, 3.05) is 0 Å². The Morgan fingerprint density at radius 3 is 2.68 bits per heavy atom. The third-order valence-electron chi connectivity index (χ3n) is 4.70. The molecule has 0 aliphatic heterocycles. The molecule has 1 nitrogen and oxygen atoms in total. The zero-order chi connectivity index (χ0) is 15.5. The molecule has 2 aromatic carbocycles. The van der Waals surface area contributed by atoms with Crippen LogP contribution in [-0.4, -0.2) is 0 Å². The molecule has 0 spiro atoms. The molecule has 1 aliphatic rings. The molecule has 2 aromatic rings. The van der Waals surface area contributed by atoms with Crippen LogP contribution in [0.3, 0.4) is 0 Å². The topological polar surface area (TPSA) is 23.8 Å². The van der Waals surface area contributed by atoms with E-state index < -0.39 is 0 Å². The first-order chi connectivity index (χ1) is 10.7. The van der Waals surface area contributed by atoms with Gasteiger partial charge in [-0.2, -0.15) is 5.26 Å². The number of nitriles is 1. The molecular formula is C20H20FN. The fraction of sp³-hybridized carbons (Fsp3) is 0.350. The monoisotopic (exact) mass is 293 g/mol. The molecule has 0 heterocycles. The molecule has 1 unspecified atom stereocenters. The Hall–Kier alpha value is -2.14. The summed E-state index contributed by atoms with van der Waals surface area (Å²) in [5.74, 6) is 0.238.